The van der Waals surface area contributed by atoms with Gasteiger partial charge in [0.2, 0.25) is 0 Å². The fraction of sp³-hybridized carbons (Fsp3) is 0.500. The summed E-state index contributed by atoms with van der Waals surface area (Å²) in [6, 6.07) is 0.0139. The number of carbonyl (C=O) groups excluding carboxylic acids is 1. The number of amides is 2. The van der Waals surface area contributed by atoms with E-state index in [1.54, 1.807) is 0 Å². The van der Waals surface area contributed by atoms with E-state index in [9.17, 15) is 4.79 Å². The number of hydrogen-bond acceptors (Lipinski definition) is 1. The summed E-state index contributed by atoms with van der Waals surface area (Å²) in [6.07, 6.45) is 0. The molecule has 1 unspecified atom stereocenters. The fourth-order valence-corrected chi connectivity index (χ4v) is 0.565. The fourth-order valence-electron chi connectivity index (χ4n) is 0.565. The van der Waals surface area contributed by atoms with Gasteiger partial charge in [0, 0.05) is 0 Å². The second-order valence-corrected chi connectivity index (χ2v) is 1.61. The van der Waals surface area contributed by atoms with Gasteiger partial charge in [0.05, 0.1) is 13.1 Å². The maximum Gasteiger partial charge on any atom is 0.388 e. The van der Waals surface area contributed by atoms with Gasteiger partial charge in [0.25, 0.3) is 0 Å². The standard InChI is InChI=1S/C4H8N2O/c1-6-3-2-5-4(6)7/h6H,1-3H2,(H,5,7). The first-order chi connectivity index (χ1) is 3.30. The minimum absolute atomic E-state index is 0.0139. The molecule has 1 atom stereocenters. The van der Waals surface area contributed by atoms with Crippen LogP contribution in [-0.4, -0.2) is 19.1 Å². The van der Waals surface area contributed by atoms with Gasteiger partial charge in [-0.15, -0.1) is 7.05 Å². The summed E-state index contributed by atoms with van der Waals surface area (Å²) in [7, 11) is 3.52. The molecule has 1 fully saturated rings. The zero-order chi connectivity index (χ0) is 5.28. The number of urea groups is 1. The highest BCUT2D eigenvalue weighted by Crippen LogP contribution is 1.62. The number of rotatable bonds is 0. The predicted octanol–water partition coefficient (Wildman–Crippen LogP) is -1.61. The van der Waals surface area contributed by atoms with E-state index in [0.717, 1.165) is 13.1 Å². The lowest BCUT2D eigenvalue weighted by molar-refractivity contribution is -0.752. The topological polar surface area (TPSA) is 33.5 Å². The highest BCUT2D eigenvalue weighted by Gasteiger charge is 2.14. The van der Waals surface area contributed by atoms with Crippen LogP contribution in [-0.2, 0) is 0 Å². The Morgan fingerprint density at radius 3 is 2.71 bits per heavy atom. The quantitative estimate of drug-likeness (QED) is 0.353. The number of carbonyl (C=O) groups is 1. The molecule has 2 amide bonds. The van der Waals surface area contributed by atoms with E-state index in [0.29, 0.717) is 4.90 Å². The summed E-state index contributed by atoms with van der Waals surface area (Å²) in [5.74, 6) is 0. The molecule has 0 aromatic heterocycles. The van der Waals surface area contributed by atoms with Crippen LogP contribution in [0.15, 0.2) is 0 Å². The van der Waals surface area contributed by atoms with Crippen LogP contribution in [0.4, 0.5) is 4.79 Å². The highest BCUT2D eigenvalue weighted by molar-refractivity contribution is 5.65. The molecule has 1 aliphatic heterocycles. The SMILES string of the molecule is [CH2-][NH+]1CCNC1=O. The Kier molecular flexibility index (Phi) is 0.982. The van der Waals surface area contributed by atoms with E-state index in [1.165, 1.54) is 0 Å². The van der Waals surface area contributed by atoms with E-state index < -0.39 is 0 Å². The molecule has 7 heavy (non-hydrogen) atoms. The lowest BCUT2D eigenvalue weighted by Gasteiger charge is -2.03. The molecule has 40 valence electrons. The van der Waals surface area contributed by atoms with Gasteiger partial charge in [-0.1, -0.05) is 0 Å². The molecule has 0 aliphatic carbocycles. The summed E-state index contributed by atoms with van der Waals surface area (Å²) >= 11 is 0. The van der Waals surface area contributed by atoms with Crippen molar-refractivity contribution in [1.29, 1.82) is 0 Å². The first kappa shape index (κ1) is 4.59. The first-order valence-corrected chi connectivity index (χ1v) is 2.26. The smallest absolute Gasteiger partial charge is 0.383 e. The minimum atomic E-state index is 0.0139. The highest BCUT2D eigenvalue weighted by atomic mass is 16.2. The summed E-state index contributed by atoms with van der Waals surface area (Å²) in [6.45, 7) is 1.59. The van der Waals surface area contributed by atoms with Gasteiger partial charge in [-0.3, -0.25) is 0 Å². The third kappa shape index (κ3) is 0.718. The van der Waals surface area contributed by atoms with Gasteiger partial charge >= 0.3 is 6.03 Å². The average molecular weight is 100 g/mol. The van der Waals surface area contributed by atoms with E-state index in [4.69, 9.17) is 0 Å². The molecule has 0 spiro atoms. The molecule has 3 nitrogen and oxygen atoms in total. The van der Waals surface area contributed by atoms with Crippen molar-refractivity contribution in [1.82, 2.24) is 5.32 Å². The third-order valence-corrected chi connectivity index (χ3v) is 1.03. The Morgan fingerprint density at radius 1 is 1.86 bits per heavy atom. The maximum atomic E-state index is 10.4. The van der Waals surface area contributed by atoms with Gasteiger partial charge in [-0.05, 0) is 0 Å². The van der Waals surface area contributed by atoms with Crippen molar-refractivity contribution in [3.8, 4) is 0 Å². The summed E-state index contributed by atoms with van der Waals surface area (Å²) in [5.41, 5.74) is 0. The Bertz CT molecular complexity index is 91.7. The molecule has 0 saturated carbocycles. The Hall–Kier alpha value is -0.570. The summed E-state index contributed by atoms with van der Waals surface area (Å²) < 4.78 is 0. The Morgan fingerprint density at radius 2 is 2.57 bits per heavy atom. The van der Waals surface area contributed by atoms with Crippen molar-refractivity contribution in [2.45, 2.75) is 0 Å². The molecule has 1 heterocycles. The molecular formula is C4H8N2O. The second kappa shape index (κ2) is 1.50. The predicted molar refractivity (Wildman–Crippen MR) is 24.6 cm³/mol. The summed E-state index contributed by atoms with van der Waals surface area (Å²) in [4.78, 5) is 11.1. The zero-order valence-electron chi connectivity index (χ0n) is 4.03. The molecule has 1 aliphatic rings. The van der Waals surface area contributed by atoms with E-state index in [-0.39, 0.29) is 6.03 Å². The Balaban J connectivity index is 2.48. The van der Waals surface area contributed by atoms with Crippen LogP contribution in [0.3, 0.4) is 0 Å². The van der Waals surface area contributed by atoms with Gasteiger partial charge in [0.1, 0.15) is 0 Å². The molecule has 0 bridgehead atoms. The van der Waals surface area contributed by atoms with Gasteiger partial charge in [-0.25, -0.2) is 4.79 Å². The molecule has 0 aromatic carbocycles. The molecule has 0 aromatic rings. The molecule has 0 radical (unpaired) electrons. The van der Waals surface area contributed by atoms with Crippen LogP contribution in [0.25, 0.3) is 0 Å². The molecule has 1 saturated heterocycles. The second-order valence-electron chi connectivity index (χ2n) is 1.61. The minimum Gasteiger partial charge on any atom is -0.383 e. The summed E-state index contributed by atoms with van der Waals surface area (Å²) in [5, 5.41) is 2.63. The van der Waals surface area contributed by atoms with Gasteiger partial charge in [-0.2, -0.15) is 0 Å². The normalized spacial score (nSPS) is 30.4. The lowest BCUT2D eigenvalue weighted by atomic mass is 10.7. The van der Waals surface area contributed by atoms with Crippen molar-refractivity contribution in [3.05, 3.63) is 7.05 Å². The number of quaternary nitrogens is 1. The first-order valence-electron chi connectivity index (χ1n) is 2.26. The van der Waals surface area contributed by atoms with Crippen molar-refractivity contribution in [2.24, 2.45) is 0 Å². The van der Waals surface area contributed by atoms with Crippen molar-refractivity contribution >= 4 is 6.03 Å². The monoisotopic (exact) mass is 100 g/mol. The molecule has 2 N–H and O–H groups in total. The number of nitrogens with one attached hydrogen (secondary N) is 2. The third-order valence-electron chi connectivity index (χ3n) is 1.03. The molecule has 1 rings (SSSR count). The molecular weight excluding hydrogens is 92.1 g/mol. The van der Waals surface area contributed by atoms with Gasteiger partial charge < -0.3 is 10.2 Å². The van der Waals surface area contributed by atoms with E-state index in [2.05, 4.69) is 12.4 Å². The average Bonchev–Trinajstić information content (AvgIpc) is 1.91. The maximum absolute atomic E-state index is 10.4. The van der Waals surface area contributed by atoms with Crippen LogP contribution in [0, 0.1) is 7.05 Å². The molecule has 3 heteroatoms. The number of hydrogen-bond donors (Lipinski definition) is 2. The van der Waals surface area contributed by atoms with E-state index in [1.807, 2.05) is 0 Å². The Labute approximate surface area is 42.3 Å². The zero-order valence-corrected chi connectivity index (χ0v) is 4.03. The van der Waals surface area contributed by atoms with E-state index >= 15 is 0 Å². The van der Waals surface area contributed by atoms with Crippen LogP contribution in [0.5, 0.6) is 0 Å². The largest absolute Gasteiger partial charge is 0.388 e. The van der Waals surface area contributed by atoms with Gasteiger partial charge in [0.15, 0.2) is 0 Å². The lowest BCUT2D eigenvalue weighted by Crippen LogP contribution is -3.07. The van der Waals surface area contributed by atoms with Crippen molar-refractivity contribution in [3.63, 3.8) is 0 Å². The van der Waals surface area contributed by atoms with Crippen LogP contribution < -0.4 is 10.2 Å². The van der Waals surface area contributed by atoms with Crippen molar-refractivity contribution in [2.75, 3.05) is 13.1 Å². The van der Waals surface area contributed by atoms with Crippen molar-refractivity contribution < 1.29 is 9.69 Å². The van der Waals surface area contributed by atoms with Crippen LogP contribution in [0.1, 0.15) is 0 Å². The van der Waals surface area contributed by atoms with Crippen LogP contribution >= 0.6 is 0 Å². The van der Waals surface area contributed by atoms with Crippen LogP contribution in [0.2, 0.25) is 0 Å².